The minimum atomic E-state index is -0.415. The summed E-state index contributed by atoms with van der Waals surface area (Å²) in [6.45, 7) is 7.08. The molecule has 0 spiro atoms. The Bertz CT molecular complexity index is 1330. The van der Waals surface area contributed by atoms with Crippen molar-refractivity contribution in [2.75, 3.05) is 11.4 Å². The first-order valence-corrected chi connectivity index (χ1v) is 12.5. The number of carbonyl (C=O) groups is 3. The molecule has 6 nitrogen and oxygen atoms in total. The Kier molecular flexibility index (Phi) is 6.35. The van der Waals surface area contributed by atoms with E-state index in [-0.39, 0.29) is 23.8 Å². The number of nitrogens with zero attached hydrogens (tertiary/aromatic N) is 2. The quantitative estimate of drug-likeness (QED) is 0.561. The van der Waals surface area contributed by atoms with Crippen LogP contribution in [0.25, 0.3) is 0 Å². The largest absolute Gasteiger partial charge is 0.346 e. The van der Waals surface area contributed by atoms with E-state index in [9.17, 15) is 14.4 Å². The SMILES string of the molecule is Cc1ccc([C@H](C)NC(=O)c2ccc(CN3C(=O)[C@H]4CCCN4C(=O)c4ccccc43)cc2)cc1C. The number of rotatable bonds is 5. The first kappa shape index (κ1) is 23.8. The fourth-order valence-corrected chi connectivity index (χ4v) is 5.11. The van der Waals surface area contributed by atoms with Gasteiger partial charge in [-0.1, -0.05) is 42.5 Å². The Labute approximate surface area is 211 Å². The van der Waals surface area contributed by atoms with Gasteiger partial charge in [0, 0.05) is 12.1 Å². The van der Waals surface area contributed by atoms with Crippen LogP contribution in [0.1, 0.15) is 68.8 Å². The smallest absolute Gasteiger partial charge is 0.256 e. The van der Waals surface area contributed by atoms with Crippen molar-refractivity contribution >= 4 is 23.4 Å². The number of hydrogen-bond donors (Lipinski definition) is 1. The van der Waals surface area contributed by atoms with Gasteiger partial charge in [-0.05, 0) is 80.1 Å². The maximum Gasteiger partial charge on any atom is 0.256 e. The summed E-state index contributed by atoms with van der Waals surface area (Å²) in [5.74, 6) is -0.264. The van der Waals surface area contributed by atoms with Crippen LogP contribution in [0.2, 0.25) is 0 Å². The van der Waals surface area contributed by atoms with Crippen LogP contribution in [0.3, 0.4) is 0 Å². The van der Waals surface area contributed by atoms with Crippen LogP contribution in [-0.2, 0) is 11.3 Å². The Morgan fingerprint density at radius 3 is 2.50 bits per heavy atom. The first-order valence-electron chi connectivity index (χ1n) is 12.5. The minimum Gasteiger partial charge on any atom is -0.346 e. The fourth-order valence-electron chi connectivity index (χ4n) is 5.11. The summed E-state index contributed by atoms with van der Waals surface area (Å²) >= 11 is 0. The molecule has 2 aliphatic rings. The van der Waals surface area contributed by atoms with E-state index in [1.54, 1.807) is 28.0 Å². The van der Waals surface area contributed by atoms with Gasteiger partial charge in [0.1, 0.15) is 6.04 Å². The van der Waals surface area contributed by atoms with Crippen LogP contribution < -0.4 is 10.2 Å². The standard InChI is InChI=1S/C30H31N3O3/c1-19-10-13-24(17-20(19)2)21(3)31-28(34)23-14-11-22(12-15-23)18-33-26-8-5-4-7-25(26)29(35)32-16-6-9-27(32)30(33)36/h4-5,7-8,10-15,17,21,27H,6,9,16,18H2,1-3H3,(H,31,34)/t21-,27+/m0/s1. The summed E-state index contributed by atoms with van der Waals surface area (Å²) in [4.78, 5) is 42.9. The van der Waals surface area contributed by atoms with Crippen molar-refractivity contribution in [3.05, 3.63) is 100 Å². The van der Waals surface area contributed by atoms with Crippen LogP contribution in [0.4, 0.5) is 5.69 Å². The predicted octanol–water partition coefficient (Wildman–Crippen LogP) is 4.95. The molecule has 3 aromatic rings. The van der Waals surface area contributed by atoms with Gasteiger partial charge in [-0.3, -0.25) is 14.4 Å². The molecule has 1 saturated heterocycles. The molecule has 3 aromatic carbocycles. The average molecular weight is 482 g/mol. The molecule has 6 heteroatoms. The van der Waals surface area contributed by atoms with Gasteiger partial charge < -0.3 is 15.1 Å². The zero-order valence-corrected chi connectivity index (χ0v) is 21.0. The molecule has 2 atom stereocenters. The lowest BCUT2D eigenvalue weighted by Gasteiger charge is -2.26. The predicted molar refractivity (Wildman–Crippen MR) is 140 cm³/mol. The highest BCUT2D eigenvalue weighted by atomic mass is 16.2. The number of amides is 3. The molecule has 184 valence electrons. The molecule has 2 heterocycles. The second-order valence-electron chi connectivity index (χ2n) is 9.83. The van der Waals surface area contributed by atoms with E-state index in [0.717, 1.165) is 17.5 Å². The van der Waals surface area contributed by atoms with Gasteiger partial charge in [-0.25, -0.2) is 0 Å². The van der Waals surface area contributed by atoms with Crippen molar-refractivity contribution in [3.63, 3.8) is 0 Å². The molecule has 1 N–H and O–H groups in total. The monoisotopic (exact) mass is 481 g/mol. The van der Waals surface area contributed by atoms with Gasteiger partial charge in [-0.15, -0.1) is 0 Å². The lowest BCUT2D eigenvalue weighted by molar-refractivity contribution is -0.122. The number of hydrogen-bond acceptors (Lipinski definition) is 3. The molecule has 2 aliphatic heterocycles. The van der Waals surface area contributed by atoms with Crippen molar-refractivity contribution in [2.45, 2.75) is 52.2 Å². The summed E-state index contributed by atoms with van der Waals surface area (Å²) in [6, 6.07) is 20.4. The number of fused-ring (bicyclic) bond motifs is 2. The zero-order chi connectivity index (χ0) is 25.4. The van der Waals surface area contributed by atoms with Gasteiger partial charge in [0.05, 0.1) is 23.8 Å². The van der Waals surface area contributed by atoms with Crippen LogP contribution >= 0.6 is 0 Å². The van der Waals surface area contributed by atoms with Crippen molar-refractivity contribution in [2.24, 2.45) is 0 Å². The number of aryl methyl sites for hydroxylation is 2. The summed E-state index contributed by atoms with van der Waals surface area (Å²) in [6.07, 6.45) is 1.52. The Hall–Kier alpha value is -3.93. The average Bonchev–Trinajstić information content (AvgIpc) is 3.36. The minimum absolute atomic E-state index is 0.0464. The van der Waals surface area contributed by atoms with Gasteiger partial charge in [0.15, 0.2) is 0 Å². The number of anilines is 1. The van der Waals surface area contributed by atoms with Gasteiger partial charge in [0.2, 0.25) is 5.91 Å². The highest BCUT2D eigenvalue weighted by Crippen LogP contribution is 2.33. The van der Waals surface area contributed by atoms with E-state index in [4.69, 9.17) is 0 Å². The topological polar surface area (TPSA) is 69.7 Å². The summed E-state index contributed by atoms with van der Waals surface area (Å²) in [7, 11) is 0. The number of para-hydroxylation sites is 1. The van der Waals surface area contributed by atoms with Crippen molar-refractivity contribution < 1.29 is 14.4 Å². The van der Waals surface area contributed by atoms with Crippen LogP contribution in [0, 0.1) is 13.8 Å². The molecule has 0 bridgehead atoms. The molecule has 3 amide bonds. The first-order chi connectivity index (χ1) is 17.3. The third-order valence-electron chi connectivity index (χ3n) is 7.43. The highest BCUT2D eigenvalue weighted by molar-refractivity contribution is 6.11. The van der Waals surface area contributed by atoms with Crippen LogP contribution in [0.15, 0.2) is 66.7 Å². The fraction of sp³-hybridized carbons (Fsp3) is 0.300. The summed E-state index contributed by atoms with van der Waals surface area (Å²) in [5.41, 5.74) is 6.16. The van der Waals surface area contributed by atoms with Gasteiger partial charge >= 0.3 is 0 Å². The van der Waals surface area contributed by atoms with E-state index in [2.05, 4.69) is 31.3 Å². The van der Waals surface area contributed by atoms with E-state index in [0.29, 0.717) is 36.3 Å². The van der Waals surface area contributed by atoms with Crippen molar-refractivity contribution in [1.82, 2.24) is 10.2 Å². The second kappa shape index (κ2) is 9.61. The normalized spacial score (nSPS) is 17.9. The summed E-state index contributed by atoms with van der Waals surface area (Å²) < 4.78 is 0. The zero-order valence-electron chi connectivity index (χ0n) is 21.0. The second-order valence-corrected chi connectivity index (χ2v) is 9.83. The van der Waals surface area contributed by atoms with E-state index >= 15 is 0 Å². The molecule has 0 unspecified atom stereocenters. The Morgan fingerprint density at radius 2 is 1.75 bits per heavy atom. The third kappa shape index (κ3) is 4.39. The highest BCUT2D eigenvalue weighted by Gasteiger charge is 2.41. The van der Waals surface area contributed by atoms with Crippen LogP contribution in [-0.4, -0.2) is 35.2 Å². The molecule has 36 heavy (non-hydrogen) atoms. The Balaban J connectivity index is 1.33. The number of benzene rings is 3. The maximum atomic E-state index is 13.5. The molecule has 5 rings (SSSR count). The van der Waals surface area contributed by atoms with E-state index in [1.807, 2.05) is 43.3 Å². The molecular formula is C30H31N3O3. The number of carbonyl (C=O) groups excluding carboxylic acids is 3. The lowest BCUT2D eigenvalue weighted by atomic mass is 10.0. The van der Waals surface area contributed by atoms with Crippen LogP contribution in [0.5, 0.6) is 0 Å². The lowest BCUT2D eigenvalue weighted by Crippen LogP contribution is -2.44. The molecular weight excluding hydrogens is 450 g/mol. The molecule has 0 aromatic heterocycles. The third-order valence-corrected chi connectivity index (χ3v) is 7.43. The van der Waals surface area contributed by atoms with Crippen molar-refractivity contribution in [1.29, 1.82) is 0 Å². The Morgan fingerprint density at radius 1 is 1.00 bits per heavy atom. The van der Waals surface area contributed by atoms with E-state index < -0.39 is 6.04 Å². The number of nitrogens with one attached hydrogen (secondary N) is 1. The van der Waals surface area contributed by atoms with Crippen molar-refractivity contribution in [3.8, 4) is 0 Å². The maximum absolute atomic E-state index is 13.5. The van der Waals surface area contributed by atoms with Gasteiger partial charge in [-0.2, -0.15) is 0 Å². The summed E-state index contributed by atoms with van der Waals surface area (Å²) in [5, 5.41) is 3.07. The molecule has 0 saturated carbocycles. The molecule has 1 fully saturated rings. The molecule has 0 aliphatic carbocycles. The van der Waals surface area contributed by atoms with E-state index in [1.165, 1.54) is 11.1 Å². The molecule has 0 radical (unpaired) electrons. The van der Waals surface area contributed by atoms with Gasteiger partial charge in [0.25, 0.3) is 11.8 Å².